The van der Waals surface area contributed by atoms with E-state index in [-0.39, 0.29) is 5.56 Å². The van der Waals surface area contributed by atoms with Crippen LogP contribution in [0.5, 0.6) is 0 Å². The predicted molar refractivity (Wildman–Crippen MR) is 75.9 cm³/mol. The van der Waals surface area contributed by atoms with E-state index in [1.54, 1.807) is 13.0 Å². The Labute approximate surface area is 130 Å². The number of halogens is 6. The van der Waals surface area contributed by atoms with Crippen LogP contribution >= 0.6 is 38.9 Å². The van der Waals surface area contributed by atoms with E-state index >= 15 is 0 Å². The van der Waals surface area contributed by atoms with Gasteiger partial charge in [-0.1, -0.05) is 0 Å². The van der Waals surface area contributed by atoms with Gasteiger partial charge in [0.25, 0.3) is 0 Å². The van der Waals surface area contributed by atoms with E-state index in [2.05, 4.69) is 15.9 Å². The number of benzene rings is 1. The molecule has 2 rings (SSSR count). The molecule has 0 aliphatic carbocycles. The molecular weight excluding hydrogens is 380 g/mol. The first-order valence-electron chi connectivity index (χ1n) is 5.46. The Bertz CT molecular complexity index is 636. The van der Waals surface area contributed by atoms with E-state index in [1.165, 1.54) is 11.3 Å². The number of rotatable bonds is 2. The molecule has 0 amide bonds. The van der Waals surface area contributed by atoms with Gasteiger partial charge in [0.2, 0.25) is 0 Å². The molecular formula is C13H8BrClF4S. The van der Waals surface area contributed by atoms with Crippen molar-refractivity contribution in [3.8, 4) is 0 Å². The van der Waals surface area contributed by atoms with Crippen molar-refractivity contribution in [2.75, 3.05) is 0 Å². The molecule has 1 aromatic heterocycles. The highest BCUT2D eigenvalue weighted by Crippen LogP contribution is 2.40. The van der Waals surface area contributed by atoms with Gasteiger partial charge in [0.05, 0.1) is 14.7 Å². The molecule has 0 spiro atoms. The predicted octanol–water partition coefficient (Wildman–Crippen LogP) is 6.31. The number of alkyl halides is 4. The Balaban J connectivity index is 2.49. The van der Waals surface area contributed by atoms with Gasteiger partial charge in [0.1, 0.15) is 5.82 Å². The van der Waals surface area contributed by atoms with Crippen LogP contribution in [0.25, 0.3) is 0 Å². The third kappa shape index (κ3) is 3.18. The molecule has 20 heavy (non-hydrogen) atoms. The molecule has 0 N–H and O–H groups in total. The SMILES string of the molecule is Cc1sc(Br)cc1C(Cl)c1cc(C(F)(F)F)ccc1F. The number of thiophene rings is 1. The topological polar surface area (TPSA) is 0 Å². The van der Waals surface area contributed by atoms with Gasteiger partial charge in [-0.2, -0.15) is 13.2 Å². The average molecular weight is 388 g/mol. The summed E-state index contributed by atoms with van der Waals surface area (Å²) >= 11 is 10.8. The largest absolute Gasteiger partial charge is 0.416 e. The highest BCUT2D eigenvalue weighted by Gasteiger charge is 2.32. The summed E-state index contributed by atoms with van der Waals surface area (Å²) in [5.74, 6) is -0.750. The summed E-state index contributed by atoms with van der Waals surface area (Å²) in [7, 11) is 0. The monoisotopic (exact) mass is 386 g/mol. The Morgan fingerprint density at radius 2 is 1.85 bits per heavy atom. The second kappa shape index (κ2) is 5.66. The summed E-state index contributed by atoms with van der Waals surface area (Å²) in [6.45, 7) is 1.78. The molecule has 1 aromatic carbocycles. The molecule has 1 heterocycles. The Morgan fingerprint density at radius 3 is 2.35 bits per heavy atom. The minimum absolute atomic E-state index is 0.171. The van der Waals surface area contributed by atoms with Gasteiger partial charge in [-0.25, -0.2) is 4.39 Å². The summed E-state index contributed by atoms with van der Waals surface area (Å²) in [6, 6.07) is 3.96. The van der Waals surface area contributed by atoms with Crippen molar-refractivity contribution in [2.45, 2.75) is 18.5 Å². The summed E-state index contributed by atoms with van der Waals surface area (Å²) in [5, 5.41) is -0.958. The number of hydrogen-bond acceptors (Lipinski definition) is 1. The molecule has 2 aromatic rings. The van der Waals surface area contributed by atoms with E-state index in [1.807, 2.05) is 0 Å². The van der Waals surface area contributed by atoms with Crippen molar-refractivity contribution in [3.05, 3.63) is 55.4 Å². The van der Waals surface area contributed by atoms with Crippen molar-refractivity contribution in [2.24, 2.45) is 0 Å². The molecule has 0 saturated heterocycles. The lowest BCUT2D eigenvalue weighted by Gasteiger charge is -2.14. The van der Waals surface area contributed by atoms with Gasteiger partial charge in [0, 0.05) is 10.4 Å². The quantitative estimate of drug-likeness (QED) is 0.419. The molecule has 0 aliphatic rings. The number of aryl methyl sites for hydroxylation is 1. The van der Waals surface area contributed by atoms with E-state index in [9.17, 15) is 17.6 Å². The van der Waals surface area contributed by atoms with Crippen molar-refractivity contribution in [3.63, 3.8) is 0 Å². The zero-order valence-electron chi connectivity index (χ0n) is 10.1. The lowest BCUT2D eigenvalue weighted by molar-refractivity contribution is -0.137. The van der Waals surface area contributed by atoms with E-state index in [4.69, 9.17) is 11.6 Å². The van der Waals surface area contributed by atoms with Crippen LogP contribution in [0.3, 0.4) is 0 Å². The number of hydrogen-bond donors (Lipinski definition) is 0. The maximum Gasteiger partial charge on any atom is 0.416 e. The van der Waals surface area contributed by atoms with E-state index in [0.717, 1.165) is 20.8 Å². The Kier molecular flexibility index (Phi) is 4.47. The van der Waals surface area contributed by atoms with Crippen LogP contribution in [0.4, 0.5) is 17.6 Å². The second-order valence-electron chi connectivity index (χ2n) is 4.16. The van der Waals surface area contributed by atoms with Gasteiger partial charge in [-0.15, -0.1) is 22.9 Å². The fourth-order valence-corrected chi connectivity index (χ4v) is 4.00. The van der Waals surface area contributed by atoms with Crippen LogP contribution in [0.2, 0.25) is 0 Å². The molecule has 1 unspecified atom stereocenters. The molecule has 0 aliphatic heterocycles. The zero-order valence-corrected chi connectivity index (χ0v) is 13.2. The second-order valence-corrected chi connectivity index (χ2v) is 7.23. The van der Waals surface area contributed by atoms with Gasteiger partial charge in [-0.3, -0.25) is 0 Å². The van der Waals surface area contributed by atoms with Crippen LogP contribution in [0.15, 0.2) is 28.1 Å². The summed E-state index contributed by atoms with van der Waals surface area (Å²) in [4.78, 5) is 0.827. The third-order valence-corrected chi connectivity index (χ3v) is 4.83. The molecule has 7 heteroatoms. The molecule has 0 fully saturated rings. The lowest BCUT2D eigenvalue weighted by atomic mass is 10.0. The first-order valence-corrected chi connectivity index (χ1v) is 7.51. The summed E-state index contributed by atoms with van der Waals surface area (Å²) in [6.07, 6.45) is -4.52. The first-order chi connectivity index (χ1) is 9.20. The van der Waals surface area contributed by atoms with Gasteiger partial charge in [0.15, 0.2) is 0 Å². The maximum atomic E-state index is 13.8. The van der Waals surface area contributed by atoms with Crippen LogP contribution in [-0.4, -0.2) is 0 Å². The van der Waals surface area contributed by atoms with Crippen LogP contribution in [0.1, 0.15) is 26.9 Å². The third-order valence-electron chi connectivity index (χ3n) is 2.80. The van der Waals surface area contributed by atoms with Crippen LogP contribution < -0.4 is 0 Å². The van der Waals surface area contributed by atoms with Crippen molar-refractivity contribution >= 4 is 38.9 Å². The zero-order chi connectivity index (χ0) is 15.1. The molecule has 1 atom stereocenters. The van der Waals surface area contributed by atoms with Crippen LogP contribution in [0, 0.1) is 12.7 Å². The first kappa shape index (κ1) is 15.8. The summed E-state index contributed by atoms with van der Waals surface area (Å²) < 4.78 is 52.6. The lowest BCUT2D eigenvalue weighted by Crippen LogP contribution is -2.07. The van der Waals surface area contributed by atoms with Crippen LogP contribution in [-0.2, 0) is 6.18 Å². The normalized spacial score (nSPS) is 13.6. The molecule has 0 saturated carbocycles. The smallest absolute Gasteiger partial charge is 0.207 e. The van der Waals surface area contributed by atoms with E-state index in [0.29, 0.717) is 11.6 Å². The highest BCUT2D eigenvalue weighted by atomic mass is 79.9. The van der Waals surface area contributed by atoms with E-state index < -0.39 is 22.9 Å². The summed E-state index contributed by atoms with van der Waals surface area (Å²) in [5.41, 5.74) is -0.483. The highest BCUT2D eigenvalue weighted by molar-refractivity contribution is 9.11. The Hall–Kier alpha value is -0.590. The van der Waals surface area contributed by atoms with Gasteiger partial charge >= 0.3 is 6.18 Å². The van der Waals surface area contributed by atoms with Crippen molar-refractivity contribution in [1.29, 1.82) is 0 Å². The van der Waals surface area contributed by atoms with Gasteiger partial charge in [-0.05, 0) is 52.7 Å². The molecule has 108 valence electrons. The molecule has 0 radical (unpaired) electrons. The minimum atomic E-state index is -4.52. The van der Waals surface area contributed by atoms with Gasteiger partial charge < -0.3 is 0 Å². The standard InChI is InChI=1S/C13H8BrClF4S/c1-6-8(5-11(14)20-6)12(15)9-4-7(13(17,18)19)2-3-10(9)16/h2-5,12H,1H3. The molecule has 0 nitrogen and oxygen atoms in total. The van der Waals surface area contributed by atoms with Crippen molar-refractivity contribution in [1.82, 2.24) is 0 Å². The fourth-order valence-electron chi connectivity index (χ4n) is 1.79. The Morgan fingerprint density at radius 1 is 1.20 bits per heavy atom. The average Bonchev–Trinajstić information content (AvgIpc) is 2.66. The van der Waals surface area contributed by atoms with Crippen molar-refractivity contribution < 1.29 is 17.6 Å². The molecule has 0 bridgehead atoms. The maximum absolute atomic E-state index is 13.8. The minimum Gasteiger partial charge on any atom is -0.207 e. The fraction of sp³-hybridized carbons (Fsp3) is 0.231.